The summed E-state index contributed by atoms with van der Waals surface area (Å²) in [6.45, 7) is 4.50. The van der Waals surface area contributed by atoms with Gasteiger partial charge in [-0.1, -0.05) is 0 Å². The van der Waals surface area contributed by atoms with Crippen molar-refractivity contribution in [1.29, 1.82) is 0 Å². The number of aromatic nitrogens is 3. The van der Waals surface area contributed by atoms with Crippen LogP contribution in [0.4, 0.5) is 4.39 Å². The van der Waals surface area contributed by atoms with Crippen LogP contribution >= 0.6 is 0 Å². The minimum Gasteiger partial charge on any atom is -0.347 e. The highest BCUT2D eigenvalue weighted by molar-refractivity contribution is 6.08. The first-order chi connectivity index (χ1) is 10.6. The second-order valence-electron chi connectivity index (χ2n) is 5.19. The van der Waals surface area contributed by atoms with Crippen LogP contribution < -0.4 is 0 Å². The third kappa shape index (κ3) is 2.62. The van der Waals surface area contributed by atoms with Crippen LogP contribution in [0.2, 0.25) is 0 Å². The zero-order valence-corrected chi connectivity index (χ0v) is 12.5. The molecule has 0 amide bonds. The van der Waals surface area contributed by atoms with Crippen LogP contribution in [0.1, 0.15) is 28.8 Å². The average Bonchev–Trinajstić information content (AvgIpc) is 2.85. The summed E-state index contributed by atoms with van der Waals surface area (Å²) in [5, 5.41) is 0.651. The maximum absolute atomic E-state index is 13.5. The summed E-state index contributed by atoms with van der Waals surface area (Å²) in [7, 11) is 0. The summed E-state index contributed by atoms with van der Waals surface area (Å²) in [5.74, 6) is 0.224. The standard InChI is InChI=1S/C17H16FN3O/c1-3-21-10-15(14-8-12(18)4-5-16(14)21)17(22)9-13-6-7-19-11(2)20-13/h4-8,10H,3,9H2,1-2H3. The molecule has 22 heavy (non-hydrogen) atoms. The number of Topliss-reactive ketones (excluding diaryl/α,β-unsaturated/α-hetero) is 1. The predicted molar refractivity (Wildman–Crippen MR) is 82.4 cm³/mol. The Morgan fingerprint density at radius 2 is 2.14 bits per heavy atom. The van der Waals surface area contributed by atoms with Gasteiger partial charge in [-0.2, -0.15) is 0 Å². The lowest BCUT2D eigenvalue weighted by atomic mass is 10.1. The van der Waals surface area contributed by atoms with Crippen molar-refractivity contribution in [3.05, 3.63) is 59.6 Å². The number of nitrogens with zero attached hydrogens (tertiary/aromatic N) is 3. The lowest BCUT2D eigenvalue weighted by Crippen LogP contribution is -2.06. The lowest BCUT2D eigenvalue weighted by Gasteiger charge is -2.01. The topological polar surface area (TPSA) is 47.8 Å². The highest BCUT2D eigenvalue weighted by atomic mass is 19.1. The van der Waals surface area contributed by atoms with E-state index in [4.69, 9.17) is 0 Å². The van der Waals surface area contributed by atoms with E-state index in [1.165, 1.54) is 12.1 Å². The predicted octanol–water partition coefficient (Wildman–Crippen LogP) is 3.32. The number of fused-ring (bicyclic) bond motifs is 1. The van der Waals surface area contributed by atoms with E-state index in [1.54, 1.807) is 31.5 Å². The molecular formula is C17H16FN3O. The molecule has 112 valence electrons. The van der Waals surface area contributed by atoms with Crippen molar-refractivity contribution < 1.29 is 9.18 Å². The van der Waals surface area contributed by atoms with Gasteiger partial charge in [0.25, 0.3) is 0 Å². The highest BCUT2D eigenvalue weighted by Gasteiger charge is 2.16. The largest absolute Gasteiger partial charge is 0.347 e. The van der Waals surface area contributed by atoms with Crippen LogP contribution in [-0.4, -0.2) is 20.3 Å². The summed E-state index contributed by atoms with van der Waals surface area (Å²) in [5.41, 5.74) is 2.07. The molecule has 0 aliphatic carbocycles. The fourth-order valence-electron chi connectivity index (χ4n) is 2.62. The molecule has 5 heteroatoms. The zero-order chi connectivity index (χ0) is 15.7. The molecule has 0 aliphatic rings. The number of aryl methyl sites for hydroxylation is 2. The second kappa shape index (κ2) is 5.67. The van der Waals surface area contributed by atoms with Crippen molar-refractivity contribution in [3.63, 3.8) is 0 Å². The second-order valence-corrected chi connectivity index (χ2v) is 5.19. The molecule has 0 saturated carbocycles. The van der Waals surface area contributed by atoms with Crippen molar-refractivity contribution >= 4 is 16.7 Å². The smallest absolute Gasteiger partial charge is 0.170 e. The van der Waals surface area contributed by atoms with Gasteiger partial charge in [-0.25, -0.2) is 14.4 Å². The van der Waals surface area contributed by atoms with Crippen molar-refractivity contribution in [2.45, 2.75) is 26.8 Å². The molecule has 0 spiro atoms. The Balaban J connectivity index is 2.02. The molecule has 2 heterocycles. The van der Waals surface area contributed by atoms with Gasteiger partial charge in [0.05, 0.1) is 12.1 Å². The number of rotatable bonds is 4. The summed E-state index contributed by atoms with van der Waals surface area (Å²) in [4.78, 5) is 20.9. The molecule has 0 unspecified atom stereocenters. The van der Waals surface area contributed by atoms with Gasteiger partial charge in [-0.15, -0.1) is 0 Å². The first-order valence-electron chi connectivity index (χ1n) is 7.18. The van der Waals surface area contributed by atoms with Crippen molar-refractivity contribution in [2.24, 2.45) is 0 Å². The van der Waals surface area contributed by atoms with E-state index < -0.39 is 0 Å². The van der Waals surface area contributed by atoms with Gasteiger partial charge in [0.15, 0.2) is 5.78 Å². The Morgan fingerprint density at radius 1 is 1.32 bits per heavy atom. The van der Waals surface area contributed by atoms with Gasteiger partial charge in [0, 0.05) is 35.4 Å². The van der Waals surface area contributed by atoms with E-state index in [9.17, 15) is 9.18 Å². The quantitative estimate of drug-likeness (QED) is 0.694. The Kier molecular flexibility index (Phi) is 3.71. The molecule has 0 saturated heterocycles. The van der Waals surface area contributed by atoms with E-state index in [0.717, 1.165) is 12.1 Å². The number of halogens is 1. The van der Waals surface area contributed by atoms with Crippen LogP contribution in [-0.2, 0) is 13.0 Å². The monoisotopic (exact) mass is 297 g/mol. The summed E-state index contributed by atoms with van der Waals surface area (Å²) >= 11 is 0. The zero-order valence-electron chi connectivity index (χ0n) is 12.5. The van der Waals surface area contributed by atoms with Crippen molar-refractivity contribution in [3.8, 4) is 0 Å². The summed E-state index contributed by atoms with van der Waals surface area (Å²) < 4.78 is 15.5. The van der Waals surface area contributed by atoms with E-state index in [0.29, 0.717) is 22.5 Å². The van der Waals surface area contributed by atoms with E-state index in [2.05, 4.69) is 9.97 Å². The number of hydrogen-bond acceptors (Lipinski definition) is 3. The Bertz CT molecular complexity index is 854. The Morgan fingerprint density at radius 3 is 2.86 bits per heavy atom. The summed E-state index contributed by atoms with van der Waals surface area (Å²) in [6.07, 6.45) is 3.61. The number of carbonyl (C=O) groups is 1. The van der Waals surface area contributed by atoms with Crippen LogP contribution in [0.15, 0.2) is 36.7 Å². The Labute approximate surface area is 127 Å². The number of benzene rings is 1. The highest BCUT2D eigenvalue weighted by Crippen LogP contribution is 2.24. The van der Waals surface area contributed by atoms with E-state index in [1.807, 2.05) is 11.5 Å². The number of carbonyl (C=O) groups excluding carboxylic acids is 1. The first kappa shape index (κ1) is 14.4. The molecule has 2 aromatic heterocycles. The third-order valence-electron chi connectivity index (χ3n) is 3.66. The van der Waals surface area contributed by atoms with Gasteiger partial charge in [-0.05, 0) is 38.1 Å². The molecule has 4 nitrogen and oxygen atoms in total. The molecule has 0 fully saturated rings. The minimum atomic E-state index is -0.340. The van der Waals surface area contributed by atoms with Crippen LogP contribution in [0.5, 0.6) is 0 Å². The fourth-order valence-corrected chi connectivity index (χ4v) is 2.62. The van der Waals surface area contributed by atoms with E-state index in [-0.39, 0.29) is 18.0 Å². The fraction of sp³-hybridized carbons (Fsp3) is 0.235. The lowest BCUT2D eigenvalue weighted by molar-refractivity contribution is 0.0993. The molecule has 0 radical (unpaired) electrons. The third-order valence-corrected chi connectivity index (χ3v) is 3.66. The van der Waals surface area contributed by atoms with Crippen LogP contribution in [0.25, 0.3) is 10.9 Å². The molecular weight excluding hydrogens is 281 g/mol. The normalized spacial score (nSPS) is 11.0. The number of hydrogen-bond donors (Lipinski definition) is 0. The maximum atomic E-state index is 13.5. The molecule has 0 bridgehead atoms. The van der Waals surface area contributed by atoms with Gasteiger partial charge < -0.3 is 4.57 Å². The van der Waals surface area contributed by atoms with Crippen molar-refractivity contribution in [1.82, 2.24) is 14.5 Å². The molecule has 3 aromatic rings. The van der Waals surface area contributed by atoms with Gasteiger partial charge in [0.1, 0.15) is 11.6 Å². The molecule has 0 N–H and O–H groups in total. The van der Waals surface area contributed by atoms with Gasteiger partial charge in [0.2, 0.25) is 0 Å². The molecule has 0 atom stereocenters. The van der Waals surface area contributed by atoms with Crippen LogP contribution in [0, 0.1) is 12.7 Å². The van der Waals surface area contributed by atoms with Crippen LogP contribution in [0.3, 0.4) is 0 Å². The molecule has 3 rings (SSSR count). The maximum Gasteiger partial charge on any atom is 0.170 e. The SMILES string of the molecule is CCn1cc(C(=O)Cc2ccnc(C)n2)c2cc(F)ccc21. The molecule has 1 aromatic carbocycles. The summed E-state index contributed by atoms with van der Waals surface area (Å²) in [6, 6.07) is 6.26. The average molecular weight is 297 g/mol. The van der Waals surface area contributed by atoms with E-state index >= 15 is 0 Å². The molecule has 0 aliphatic heterocycles. The Hall–Kier alpha value is -2.56. The van der Waals surface area contributed by atoms with Crippen molar-refractivity contribution in [2.75, 3.05) is 0 Å². The van der Waals surface area contributed by atoms with Gasteiger partial charge >= 0.3 is 0 Å². The minimum absolute atomic E-state index is 0.0686. The van der Waals surface area contributed by atoms with Gasteiger partial charge in [-0.3, -0.25) is 4.79 Å². The first-order valence-corrected chi connectivity index (χ1v) is 7.18. The number of ketones is 1.